The fourth-order valence-corrected chi connectivity index (χ4v) is 7.67. The van der Waals surface area contributed by atoms with E-state index in [2.05, 4.69) is 12.2 Å². The maximum atomic E-state index is 13.3. The lowest BCUT2D eigenvalue weighted by molar-refractivity contribution is -0.120. The van der Waals surface area contributed by atoms with Crippen LogP contribution in [-0.2, 0) is 32.4 Å². The standard InChI is InChI=1S/C25H32N2O6S2/c1-4-33-25(29)22-20-12-7-16(2)14-21(20)34-24(22)26-23(28)17-6-5-13-27(15-17)35(30,31)19-10-8-18(32-3)9-11-19/h8-11,16-17H,4-7,12-15H2,1-3H3,(H,26,28). The highest BCUT2D eigenvalue weighted by Crippen LogP contribution is 2.40. The number of thiophene rings is 1. The first-order valence-corrected chi connectivity index (χ1v) is 14.3. The van der Waals surface area contributed by atoms with Crippen molar-refractivity contribution in [3.05, 3.63) is 40.3 Å². The van der Waals surface area contributed by atoms with Crippen molar-refractivity contribution in [1.29, 1.82) is 0 Å². The maximum absolute atomic E-state index is 13.3. The van der Waals surface area contributed by atoms with Crippen LogP contribution in [0.2, 0.25) is 0 Å². The van der Waals surface area contributed by atoms with Crippen LogP contribution in [0.15, 0.2) is 29.2 Å². The van der Waals surface area contributed by atoms with Crippen LogP contribution in [0.4, 0.5) is 5.00 Å². The first-order valence-electron chi connectivity index (χ1n) is 12.0. The summed E-state index contributed by atoms with van der Waals surface area (Å²) in [6.45, 7) is 4.66. The number of carbonyl (C=O) groups is 2. The third-order valence-corrected chi connectivity index (χ3v) is 9.73. The topological polar surface area (TPSA) is 102 Å². The third kappa shape index (κ3) is 5.39. The zero-order valence-electron chi connectivity index (χ0n) is 20.3. The predicted molar refractivity (Wildman–Crippen MR) is 135 cm³/mol. The number of benzene rings is 1. The number of sulfonamides is 1. The van der Waals surface area contributed by atoms with Crippen LogP contribution in [0, 0.1) is 11.8 Å². The number of rotatable bonds is 7. The van der Waals surface area contributed by atoms with E-state index in [0.29, 0.717) is 41.6 Å². The minimum Gasteiger partial charge on any atom is -0.497 e. The van der Waals surface area contributed by atoms with Crippen molar-refractivity contribution in [2.45, 2.75) is 50.8 Å². The number of anilines is 1. The number of hydrogen-bond donors (Lipinski definition) is 1. The Morgan fingerprint density at radius 3 is 2.63 bits per heavy atom. The summed E-state index contributed by atoms with van der Waals surface area (Å²) in [7, 11) is -2.21. The molecule has 1 fully saturated rings. The molecule has 1 amide bonds. The van der Waals surface area contributed by atoms with Gasteiger partial charge in [0.2, 0.25) is 15.9 Å². The Bertz CT molecular complexity index is 1190. The predicted octanol–water partition coefficient (Wildman–Crippen LogP) is 4.10. The molecule has 1 aliphatic carbocycles. The van der Waals surface area contributed by atoms with Crippen LogP contribution in [-0.4, -0.2) is 51.4 Å². The number of methoxy groups -OCH3 is 1. The van der Waals surface area contributed by atoms with Crippen LogP contribution in [0.5, 0.6) is 5.75 Å². The largest absolute Gasteiger partial charge is 0.497 e. The molecule has 1 aromatic carbocycles. The number of hydrogen-bond acceptors (Lipinski definition) is 7. The van der Waals surface area contributed by atoms with Gasteiger partial charge in [-0.1, -0.05) is 6.92 Å². The molecular weight excluding hydrogens is 488 g/mol. The molecule has 0 saturated carbocycles. The zero-order chi connectivity index (χ0) is 25.2. The number of fused-ring (bicyclic) bond motifs is 1. The van der Waals surface area contributed by atoms with Gasteiger partial charge in [0.15, 0.2) is 0 Å². The number of nitrogens with one attached hydrogen (secondary N) is 1. The number of ether oxygens (including phenoxy) is 2. The fraction of sp³-hybridized carbons (Fsp3) is 0.520. The lowest BCUT2D eigenvalue weighted by Crippen LogP contribution is -2.43. The molecule has 0 spiro atoms. The number of piperidine rings is 1. The summed E-state index contributed by atoms with van der Waals surface area (Å²) >= 11 is 1.44. The molecule has 4 rings (SSSR count). The maximum Gasteiger partial charge on any atom is 0.341 e. The third-order valence-electron chi connectivity index (χ3n) is 6.68. The van der Waals surface area contributed by atoms with Crippen molar-refractivity contribution in [2.24, 2.45) is 11.8 Å². The Balaban J connectivity index is 1.52. The summed E-state index contributed by atoms with van der Waals surface area (Å²) in [5.74, 6) is -0.0935. The van der Waals surface area contributed by atoms with Crippen molar-refractivity contribution in [1.82, 2.24) is 4.31 Å². The Hall–Kier alpha value is -2.43. The van der Waals surface area contributed by atoms with E-state index in [1.807, 2.05) is 0 Å². The Morgan fingerprint density at radius 2 is 1.94 bits per heavy atom. The van der Waals surface area contributed by atoms with E-state index in [-0.39, 0.29) is 24.0 Å². The van der Waals surface area contributed by atoms with Crippen LogP contribution in [0.25, 0.3) is 0 Å². The second-order valence-corrected chi connectivity index (χ2v) is 12.2. The molecule has 35 heavy (non-hydrogen) atoms. The molecule has 2 unspecified atom stereocenters. The highest BCUT2D eigenvalue weighted by molar-refractivity contribution is 7.89. The molecule has 190 valence electrons. The summed E-state index contributed by atoms with van der Waals surface area (Å²) in [5, 5.41) is 3.48. The summed E-state index contributed by atoms with van der Waals surface area (Å²) in [4.78, 5) is 27.3. The van der Waals surface area contributed by atoms with E-state index < -0.39 is 21.9 Å². The quantitative estimate of drug-likeness (QED) is 0.552. The molecule has 1 aromatic heterocycles. The second-order valence-electron chi connectivity index (χ2n) is 9.14. The van der Waals surface area contributed by atoms with Crippen molar-refractivity contribution < 1.29 is 27.5 Å². The Labute approximate surface area is 210 Å². The Morgan fingerprint density at radius 1 is 1.20 bits per heavy atom. The van der Waals surface area contributed by atoms with Crippen LogP contribution in [0.3, 0.4) is 0 Å². The van der Waals surface area contributed by atoms with Gasteiger partial charge in [0.05, 0.1) is 30.1 Å². The number of nitrogens with zero attached hydrogens (tertiary/aromatic N) is 1. The van der Waals surface area contributed by atoms with E-state index in [0.717, 1.165) is 29.7 Å². The summed E-state index contributed by atoms with van der Waals surface area (Å²) in [6, 6.07) is 6.25. The van der Waals surface area contributed by atoms with Gasteiger partial charge in [0, 0.05) is 18.0 Å². The smallest absolute Gasteiger partial charge is 0.341 e. The minimum absolute atomic E-state index is 0.0943. The number of esters is 1. The molecule has 10 heteroatoms. The summed E-state index contributed by atoms with van der Waals surface area (Å²) in [6.07, 6.45) is 3.81. The lowest BCUT2D eigenvalue weighted by Gasteiger charge is -2.31. The molecule has 0 radical (unpaired) electrons. The van der Waals surface area contributed by atoms with Gasteiger partial charge in [-0.2, -0.15) is 4.31 Å². The number of carbonyl (C=O) groups excluding carboxylic acids is 2. The molecule has 1 N–H and O–H groups in total. The number of amides is 1. The molecule has 0 bridgehead atoms. The van der Waals surface area contributed by atoms with Gasteiger partial charge in [-0.05, 0) is 74.8 Å². The molecule has 1 aliphatic heterocycles. The SMILES string of the molecule is CCOC(=O)c1c(NC(=O)C2CCCN(S(=O)(=O)c3ccc(OC)cc3)C2)sc2c1CCC(C)C2. The first-order chi connectivity index (χ1) is 16.7. The molecule has 2 aromatic rings. The van der Waals surface area contributed by atoms with Crippen molar-refractivity contribution >= 4 is 38.2 Å². The second kappa shape index (κ2) is 10.7. The fourth-order valence-electron chi connectivity index (χ4n) is 4.74. The molecule has 2 atom stereocenters. The molecule has 8 nitrogen and oxygen atoms in total. The summed E-state index contributed by atoms with van der Waals surface area (Å²) in [5.41, 5.74) is 1.44. The molecule has 2 heterocycles. The van der Waals surface area contributed by atoms with Crippen LogP contribution >= 0.6 is 11.3 Å². The van der Waals surface area contributed by atoms with Gasteiger partial charge >= 0.3 is 5.97 Å². The minimum atomic E-state index is -3.74. The highest BCUT2D eigenvalue weighted by Gasteiger charge is 2.35. The van der Waals surface area contributed by atoms with Crippen molar-refractivity contribution in [2.75, 3.05) is 32.1 Å². The normalized spacial score (nSPS) is 20.7. The monoisotopic (exact) mass is 520 g/mol. The van der Waals surface area contributed by atoms with E-state index in [4.69, 9.17) is 9.47 Å². The highest BCUT2D eigenvalue weighted by atomic mass is 32.2. The van der Waals surface area contributed by atoms with Gasteiger partial charge in [-0.15, -0.1) is 11.3 Å². The van der Waals surface area contributed by atoms with Gasteiger partial charge in [0.25, 0.3) is 0 Å². The van der Waals surface area contributed by atoms with Crippen molar-refractivity contribution in [3.8, 4) is 5.75 Å². The van der Waals surface area contributed by atoms with E-state index >= 15 is 0 Å². The van der Waals surface area contributed by atoms with E-state index in [1.54, 1.807) is 19.1 Å². The average molecular weight is 521 g/mol. The van der Waals surface area contributed by atoms with Crippen LogP contribution < -0.4 is 10.1 Å². The molecule has 1 saturated heterocycles. The molecule has 2 aliphatic rings. The average Bonchev–Trinajstić information content (AvgIpc) is 3.21. The first kappa shape index (κ1) is 25.7. The zero-order valence-corrected chi connectivity index (χ0v) is 22.0. The lowest BCUT2D eigenvalue weighted by atomic mass is 9.88. The van der Waals surface area contributed by atoms with Gasteiger partial charge in [-0.25, -0.2) is 13.2 Å². The summed E-state index contributed by atoms with van der Waals surface area (Å²) < 4.78 is 38.2. The van der Waals surface area contributed by atoms with E-state index in [9.17, 15) is 18.0 Å². The van der Waals surface area contributed by atoms with Gasteiger partial charge in [0.1, 0.15) is 10.8 Å². The van der Waals surface area contributed by atoms with E-state index in [1.165, 1.54) is 34.9 Å². The van der Waals surface area contributed by atoms with Crippen LogP contribution in [0.1, 0.15) is 53.9 Å². The van der Waals surface area contributed by atoms with Gasteiger partial charge in [-0.3, -0.25) is 4.79 Å². The van der Waals surface area contributed by atoms with Gasteiger partial charge < -0.3 is 14.8 Å². The molecular formula is C25H32N2O6S2. The Kier molecular flexibility index (Phi) is 7.83. The van der Waals surface area contributed by atoms with Crippen molar-refractivity contribution in [3.63, 3.8) is 0 Å².